The van der Waals surface area contributed by atoms with Gasteiger partial charge in [-0.1, -0.05) is 36.4 Å². The third-order valence-electron chi connectivity index (χ3n) is 4.57. The van der Waals surface area contributed by atoms with E-state index < -0.39 is 0 Å². The second kappa shape index (κ2) is 5.30. The topological polar surface area (TPSA) is 20.3 Å². The van der Waals surface area contributed by atoms with Crippen LogP contribution < -0.4 is 0 Å². The lowest BCUT2D eigenvalue weighted by Gasteiger charge is -2.44. The molecule has 2 atom stereocenters. The Morgan fingerprint density at radius 2 is 2.11 bits per heavy atom. The quantitative estimate of drug-likeness (QED) is 0.756. The molecule has 0 amide bonds. The van der Waals surface area contributed by atoms with Gasteiger partial charge in [0.25, 0.3) is 0 Å². The van der Waals surface area contributed by atoms with Crippen molar-refractivity contribution in [3.63, 3.8) is 0 Å². The van der Waals surface area contributed by atoms with Gasteiger partial charge in [-0.15, -0.1) is 0 Å². The number of carbonyl (C=O) groups is 1. The number of allylic oxidation sites excluding steroid dienone is 1. The monoisotopic (exact) mass is 255 g/mol. The molecular formula is C17H21NO. The van der Waals surface area contributed by atoms with E-state index >= 15 is 0 Å². The van der Waals surface area contributed by atoms with E-state index in [9.17, 15) is 4.79 Å². The van der Waals surface area contributed by atoms with Crippen LogP contribution in [0.3, 0.4) is 0 Å². The first kappa shape index (κ1) is 12.6. The summed E-state index contributed by atoms with van der Waals surface area (Å²) in [5, 5.41) is 0. The molecule has 2 heteroatoms. The minimum Gasteiger partial charge on any atom is -0.299 e. The highest BCUT2D eigenvalue weighted by molar-refractivity contribution is 5.85. The smallest absolute Gasteiger partial charge is 0.140 e. The van der Waals surface area contributed by atoms with Crippen molar-refractivity contribution < 1.29 is 4.79 Å². The van der Waals surface area contributed by atoms with Crippen LogP contribution in [-0.4, -0.2) is 23.3 Å². The highest BCUT2D eigenvalue weighted by atomic mass is 16.1. The first-order chi connectivity index (χ1) is 9.28. The number of fused-ring (bicyclic) bond motifs is 2. The Hall–Kier alpha value is -1.41. The molecule has 1 saturated carbocycles. The largest absolute Gasteiger partial charge is 0.299 e. The number of hydrogen-bond acceptors (Lipinski definition) is 2. The zero-order valence-corrected chi connectivity index (χ0v) is 11.5. The molecule has 1 aromatic carbocycles. The van der Waals surface area contributed by atoms with Crippen LogP contribution in [0.15, 0.2) is 42.0 Å². The van der Waals surface area contributed by atoms with Gasteiger partial charge in [0.1, 0.15) is 5.78 Å². The van der Waals surface area contributed by atoms with E-state index in [1.807, 2.05) is 0 Å². The standard InChI is InChI=1S/C17H21NO/c1-2-14-12-18(11-13-6-4-3-5-7-13)15-8-9-17(19)16(14)10-15/h2-7,15-16H,8-12H2,1H3/b14-2+/t15-,16+/m0/s1. The van der Waals surface area contributed by atoms with Crippen molar-refractivity contribution in [3.8, 4) is 0 Å². The highest BCUT2D eigenvalue weighted by Gasteiger charge is 2.38. The minimum absolute atomic E-state index is 0.218. The van der Waals surface area contributed by atoms with Crippen molar-refractivity contribution in [2.75, 3.05) is 6.54 Å². The molecule has 1 aliphatic heterocycles. The fourth-order valence-corrected chi connectivity index (χ4v) is 3.46. The molecule has 0 N–H and O–H groups in total. The number of ketones is 1. The van der Waals surface area contributed by atoms with Crippen LogP contribution in [0.4, 0.5) is 0 Å². The van der Waals surface area contributed by atoms with Gasteiger partial charge in [0.15, 0.2) is 0 Å². The molecule has 0 radical (unpaired) electrons. The first-order valence-electron chi connectivity index (χ1n) is 7.23. The van der Waals surface area contributed by atoms with E-state index in [0.29, 0.717) is 11.8 Å². The molecule has 1 aliphatic carbocycles. The molecule has 100 valence electrons. The number of benzene rings is 1. The van der Waals surface area contributed by atoms with Crippen molar-refractivity contribution >= 4 is 5.78 Å². The maximum atomic E-state index is 12.0. The lowest BCUT2D eigenvalue weighted by atomic mass is 9.75. The van der Waals surface area contributed by atoms with E-state index in [1.54, 1.807) is 0 Å². The molecule has 0 spiro atoms. The zero-order valence-electron chi connectivity index (χ0n) is 11.5. The van der Waals surface area contributed by atoms with Crippen LogP contribution in [0.25, 0.3) is 0 Å². The summed E-state index contributed by atoms with van der Waals surface area (Å²) in [4.78, 5) is 14.5. The van der Waals surface area contributed by atoms with Gasteiger partial charge in [0, 0.05) is 31.5 Å². The van der Waals surface area contributed by atoms with Crippen LogP contribution in [0.2, 0.25) is 0 Å². The minimum atomic E-state index is 0.218. The van der Waals surface area contributed by atoms with Crippen molar-refractivity contribution in [2.45, 2.75) is 38.8 Å². The van der Waals surface area contributed by atoms with Gasteiger partial charge in [-0.2, -0.15) is 0 Å². The Morgan fingerprint density at radius 1 is 1.32 bits per heavy atom. The molecule has 2 aliphatic rings. The average Bonchev–Trinajstić information content (AvgIpc) is 2.46. The maximum absolute atomic E-state index is 12.0. The number of likely N-dealkylation sites (tertiary alicyclic amines) is 1. The normalized spacial score (nSPS) is 29.7. The zero-order chi connectivity index (χ0) is 13.2. The maximum Gasteiger partial charge on any atom is 0.140 e. The molecule has 3 rings (SSSR count). The molecule has 2 nitrogen and oxygen atoms in total. The summed E-state index contributed by atoms with van der Waals surface area (Å²) in [6.07, 6.45) is 4.99. The van der Waals surface area contributed by atoms with Crippen LogP contribution in [0.1, 0.15) is 31.7 Å². The van der Waals surface area contributed by atoms with Crippen LogP contribution in [-0.2, 0) is 11.3 Å². The second-order valence-corrected chi connectivity index (χ2v) is 5.70. The Bertz CT molecular complexity index is 491. The molecule has 1 aromatic rings. The van der Waals surface area contributed by atoms with E-state index in [0.717, 1.165) is 32.4 Å². The molecule has 2 bridgehead atoms. The lowest BCUT2D eigenvalue weighted by Crippen LogP contribution is -2.48. The number of rotatable bonds is 2. The molecule has 2 fully saturated rings. The summed E-state index contributed by atoms with van der Waals surface area (Å²) in [6.45, 7) is 4.04. The molecule has 1 saturated heterocycles. The van der Waals surface area contributed by atoms with Crippen molar-refractivity contribution in [2.24, 2.45) is 5.92 Å². The van der Waals surface area contributed by atoms with E-state index in [1.165, 1.54) is 11.1 Å². The van der Waals surface area contributed by atoms with E-state index in [-0.39, 0.29) is 5.92 Å². The Balaban J connectivity index is 1.78. The summed E-state index contributed by atoms with van der Waals surface area (Å²) in [5.41, 5.74) is 2.70. The predicted octanol–water partition coefficient (Wildman–Crippen LogP) is 3.19. The van der Waals surface area contributed by atoms with Gasteiger partial charge in [-0.05, 0) is 30.9 Å². The fraction of sp³-hybridized carbons (Fsp3) is 0.471. The van der Waals surface area contributed by atoms with Crippen LogP contribution >= 0.6 is 0 Å². The lowest BCUT2D eigenvalue weighted by molar-refractivity contribution is -0.126. The van der Waals surface area contributed by atoms with Gasteiger partial charge in [-0.25, -0.2) is 0 Å². The summed E-state index contributed by atoms with van der Waals surface area (Å²) >= 11 is 0. The van der Waals surface area contributed by atoms with Gasteiger partial charge >= 0.3 is 0 Å². The van der Waals surface area contributed by atoms with Gasteiger partial charge in [0.05, 0.1) is 0 Å². The third-order valence-corrected chi connectivity index (χ3v) is 4.57. The van der Waals surface area contributed by atoms with Crippen molar-refractivity contribution in [1.82, 2.24) is 4.90 Å². The van der Waals surface area contributed by atoms with Gasteiger partial charge in [-0.3, -0.25) is 9.69 Å². The second-order valence-electron chi connectivity index (χ2n) is 5.70. The molecule has 0 aromatic heterocycles. The third kappa shape index (κ3) is 2.50. The number of nitrogens with zero attached hydrogens (tertiary/aromatic N) is 1. The van der Waals surface area contributed by atoms with Crippen LogP contribution in [0.5, 0.6) is 0 Å². The number of carbonyl (C=O) groups excluding carboxylic acids is 1. The number of Topliss-reactive ketones (excluding diaryl/α,β-unsaturated/α-hetero) is 1. The molecule has 1 heterocycles. The van der Waals surface area contributed by atoms with E-state index in [2.05, 4.69) is 48.2 Å². The van der Waals surface area contributed by atoms with E-state index in [4.69, 9.17) is 0 Å². The van der Waals surface area contributed by atoms with Gasteiger partial charge < -0.3 is 0 Å². The fourth-order valence-electron chi connectivity index (χ4n) is 3.46. The predicted molar refractivity (Wildman–Crippen MR) is 76.7 cm³/mol. The number of piperidine rings is 1. The average molecular weight is 255 g/mol. The summed E-state index contributed by atoms with van der Waals surface area (Å²) < 4.78 is 0. The number of hydrogen-bond donors (Lipinski definition) is 0. The summed E-state index contributed by atoms with van der Waals surface area (Å²) in [5.74, 6) is 0.680. The molecule has 19 heavy (non-hydrogen) atoms. The first-order valence-corrected chi connectivity index (χ1v) is 7.23. The Kier molecular flexibility index (Phi) is 3.52. The SMILES string of the molecule is C/C=C1\CN(Cc2ccccc2)[C@H]2CCC(=O)[C@@H]1C2. The van der Waals surface area contributed by atoms with Crippen molar-refractivity contribution in [1.29, 1.82) is 0 Å². The molecule has 0 unspecified atom stereocenters. The van der Waals surface area contributed by atoms with Gasteiger partial charge in [0.2, 0.25) is 0 Å². The summed E-state index contributed by atoms with van der Waals surface area (Å²) in [7, 11) is 0. The Labute approximate surface area is 115 Å². The highest BCUT2D eigenvalue weighted by Crippen LogP contribution is 2.36. The van der Waals surface area contributed by atoms with Crippen LogP contribution in [0, 0.1) is 5.92 Å². The molecular weight excluding hydrogens is 234 g/mol. The van der Waals surface area contributed by atoms with Crippen molar-refractivity contribution in [3.05, 3.63) is 47.5 Å². The Morgan fingerprint density at radius 3 is 2.84 bits per heavy atom. The summed E-state index contributed by atoms with van der Waals surface area (Å²) in [6, 6.07) is 11.2.